The number of rotatable bonds is 0. The Morgan fingerprint density at radius 2 is 2.27 bits per heavy atom. The Balaban J connectivity index is 2.91. The number of fused-ring (bicyclic) bond motifs is 1. The zero-order chi connectivity index (χ0) is 7.84. The number of thiazole rings is 1. The maximum Gasteiger partial charge on any atom is 0.127 e. The maximum absolute atomic E-state index is 12.7. The molecule has 1 heterocycles. The van der Waals surface area contributed by atoms with Crippen LogP contribution in [0.4, 0.5) is 10.1 Å². The first kappa shape index (κ1) is 6.54. The summed E-state index contributed by atoms with van der Waals surface area (Å²) < 4.78 is 13.5. The summed E-state index contributed by atoms with van der Waals surface area (Å²) in [5.41, 5.74) is 8.28. The molecule has 2 N–H and O–H groups in total. The normalized spacial score (nSPS) is 10.6. The Morgan fingerprint density at radius 3 is 3.09 bits per heavy atom. The zero-order valence-electron chi connectivity index (χ0n) is 5.54. The van der Waals surface area contributed by atoms with Crippen LogP contribution in [-0.4, -0.2) is 4.98 Å². The third-order valence-corrected chi connectivity index (χ3v) is 2.32. The van der Waals surface area contributed by atoms with Crippen molar-refractivity contribution in [2.24, 2.45) is 0 Å². The summed E-state index contributed by atoms with van der Waals surface area (Å²) in [6, 6.07) is 2.68. The van der Waals surface area contributed by atoms with Crippen LogP contribution in [0, 0.1) is 5.82 Å². The highest BCUT2D eigenvalue weighted by Gasteiger charge is 2.02. The summed E-state index contributed by atoms with van der Waals surface area (Å²) in [4.78, 5) is 3.94. The lowest BCUT2D eigenvalue weighted by Crippen LogP contribution is -1.86. The van der Waals surface area contributed by atoms with Crippen molar-refractivity contribution in [3.8, 4) is 0 Å². The molecule has 0 amide bonds. The molecule has 0 fully saturated rings. The number of anilines is 1. The van der Waals surface area contributed by atoms with Gasteiger partial charge in [-0.25, -0.2) is 9.37 Å². The van der Waals surface area contributed by atoms with Crippen LogP contribution < -0.4 is 5.73 Å². The fraction of sp³-hybridized carbons (Fsp3) is 0. The summed E-state index contributed by atoms with van der Waals surface area (Å²) in [6.45, 7) is 0. The first-order valence-electron chi connectivity index (χ1n) is 3.05. The second-order valence-corrected chi connectivity index (χ2v) is 3.05. The predicted octanol–water partition coefficient (Wildman–Crippen LogP) is 2.02. The van der Waals surface area contributed by atoms with Gasteiger partial charge in [0.1, 0.15) is 5.82 Å². The van der Waals surface area contributed by atoms with Crippen molar-refractivity contribution in [3.05, 3.63) is 23.5 Å². The molecule has 0 radical (unpaired) electrons. The lowest BCUT2D eigenvalue weighted by molar-refractivity contribution is 0.630. The molecule has 2 rings (SSSR count). The van der Waals surface area contributed by atoms with Gasteiger partial charge in [0.25, 0.3) is 0 Å². The van der Waals surface area contributed by atoms with E-state index in [1.54, 1.807) is 5.51 Å². The van der Waals surface area contributed by atoms with Crippen molar-refractivity contribution >= 4 is 27.2 Å². The standard InChI is InChI=1S/C7H5FN2S/c8-4-1-5(9)7-6(2-4)10-3-11-7/h1-3H,9H2. The highest BCUT2D eigenvalue weighted by Crippen LogP contribution is 2.25. The molecule has 0 saturated carbocycles. The van der Waals surface area contributed by atoms with E-state index in [0.717, 1.165) is 4.70 Å². The van der Waals surface area contributed by atoms with E-state index >= 15 is 0 Å². The van der Waals surface area contributed by atoms with Gasteiger partial charge in [-0.2, -0.15) is 0 Å². The van der Waals surface area contributed by atoms with Crippen LogP contribution in [0.1, 0.15) is 0 Å². The van der Waals surface area contributed by atoms with Gasteiger partial charge in [0.05, 0.1) is 21.4 Å². The minimum atomic E-state index is -0.332. The van der Waals surface area contributed by atoms with Gasteiger partial charge in [0.2, 0.25) is 0 Å². The zero-order valence-corrected chi connectivity index (χ0v) is 6.36. The largest absolute Gasteiger partial charge is 0.397 e. The molecule has 0 atom stereocenters. The Hall–Kier alpha value is -1.16. The van der Waals surface area contributed by atoms with Crippen LogP contribution in [0.5, 0.6) is 0 Å². The third kappa shape index (κ3) is 0.952. The van der Waals surface area contributed by atoms with Crippen LogP contribution in [0.25, 0.3) is 10.2 Å². The second-order valence-electron chi connectivity index (χ2n) is 2.20. The molecule has 11 heavy (non-hydrogen) atoms. The summed E-state index contributed by atoms with van der Waals surface area (Å²) in [7, 11) is 0. The van der Waals surface area contributed by atoms with E-state index in [-0.39, 0.29) is 5.82 Å². The Kier molecular flexibility index (Phi) is 1.29. The van der Waals surface area contributed by atoms with Gasteiger partial charge in [-0.1, -0.05) is 0 Å². The second kappa shape index (κ2) is 2.17. The van der Waals surface area contributed by atoms with E-state index in [1.165, 1.54) is 23.5 Å². The van der Waals surface area contributed by atoms with Crippen molar-refractivity contribution in [3.63, 3.8) is 0 Å². The number of benzene rings is 1. The fourth-order valence-corrected chi connectivity index (χ4v) is 1.66. The van der Waals surface area contributed by atoms with Gasteiger partial charge in [-0.15, -0.1) is 11.3 Å². The monoisotopic (exact) mass is 168 g/mol. The number of halogens is 1. The first-order valence-corrected chi connectivity index (χ1v) is 3.93. The molecule has 2 aromatic rings. The topological polar surface area (TPSA) is 38.9 Å². The van der Waals surface area contributed by atoms with Crippen LogP contribution in [0.2, 0.25) is 0 Å². The molecule has 0 saturated heterocycles. The molecule has 0 bridgehead atoms. The predicted molar refractivity (Wildman–Crippen MR) is 44.0 cm³/mol. The van der Waals surface area contributed by atoms with Gasteiger partial charge < -0.3 is 5.73 Å². The Bertz CT molecular complexity index is 396. The van der Waals surface area contributed by atoms with Gasteiger partial charge in [0, 0.05) is 6.07 Å². The van der Waals surface area contributed by atoms with Crippen LogP contribution in [0.3, 0.4) is 0 Å². The lowest BCUT2D eigenvalue weighted by Gasteiger charge is -1.93. The minimum Gasteiger partial charge on any atom is -0.397 e. The number of nitrogen functional groups attached to an aromatic ring is 1. The van der Waals surface area contributed by atoms with Crippen LogP contribution in [0.15, 0.2) is 17.6 Å². The van der Waals surface area contributed by atoms with Gasteiger partial charge in [-0.3, -0.25) is 0 Å². The van der Waals surface area contributed by atoms with Gasteiger partial charge in [0.15, 0.2) is 0 Å². The van der Waals surface area contributed by atoms with Crippen molar-refractivity contribution in [1.29, 1.82) is 0 Å². The maximum atomic E-state index is 12.7. The van der Waals surface area contributed by atoms with E-state index in [2.05, 4.69) is 4.98 Å². The fourth-order valence-electron chi connectivity index (χ4n) is 0.960. The molecular formula is C7H5FN2S. The molecule has 1 aromatic carbocycles. The average molecular weight is 168 g/mol. The van der Waals surface area contributed by atoms with E-state index in [9.17, 15) is 4.39 Å². The van der Waals surface area contributed by atoms with Gasteiger partial charge in [-0.05, 0) is 6.07 Å². The highest BCUT2D eigenvalue weighted by atomic mass is 32.1. The molecule has 0 spiro atoms. The highest BCUT2D eigenvalue weighted by molar-refractivity contribution is 7.17. The quantitative estimate of drug-likeness (QED) is 0.611. The number of nitrogens with two attached hydrogens (primary N) is 1. The molecule has 0 aliphatic carbocycles. The van der Waals surface area contributed by atoms with E-state index in [4.69, 9.17) is 5.73 Å². The van der Waals surface area contributed by atoms with Crippen LogP contribution in [-0.2, 0) is 0 Å². The lowest BCUT2D eigenvalue weighted by atomic mass is 10.3. The molecule has 4 heteroatoms. The van der Waals surface area contributed by atoms with E-state index in [1.807, 2.05) is 0 Å². The SMILES string of the molecule is Nc1cc(F)cc2ncsc12. The molecule has 0 aliphatic rings. The van der Waals surface area contributed by atoms with E-state index in [0.29, 0.717) is 11.2 Å². The summed E-state index contributed by atoms with van der Waals surface area (Å²) in [6.07, 6.45) is 0. The Morgan fingerprint density at radius 1 is 1.45 bits per heavy atom. The van der Waals surface area contributed by atoms with E-state index < -0.39 is 0 Å². The molecule has 1 aromatic heterocycles. The van der Waals surface area contributed by atoms with Crippen molar-refractivity contribution in [2.45, 2.75) is 0 Å². The molecule has 56 valence electrons. The first-order chi connectivity index (χ1) is 5.27. The van der Waals surface area contributed by atoms with Crippen molar-refractivity contribution in [1.82, 2.24) is 4.98 Å². The summed E-state index contributed by atoms with van der Waals surface area (Å²) >= 11 is 1.42. The summed E-state index contributed by atoms with van der Waals surface area (Å²) in [5, 5.41) is 0. The molecule has 0 aliphatic heterocycles. The Labute approximate surface area is 66.5 Å². The molecule has 2 nitrogen and oxygen atoms in total. The minimum absolute atomic E-state index is 0.332. The molecular weight excluding hydrogens is 163 g/mol. The average Bonchev–Trinajstić information content (AvgIpc) is 2.34. The number of aromatic nitrogens is 1. The van der Waals surface area contributed by atoms with Gasteiger partial charge >= 0.3 is 0 Å². The number of nitrogens with zero attached hydrogens (tertiary/aromatic N) is 1. The third-order valence-electron chi connectivity index (χ3n) is 1.43. The number of hydrogen-bond acceptors (Lipinski definition) is 3. The summed E-state index contributed by atoms with van der Waals surface area (Å²) in [5.74, 6) is -0.332. The number of hydrogen-bond donors (Lipinski definition) is 1. The van der Waals surface area contributed by atoms with Crippen molar-refractivity contribution < 1.29 is 4.39 Å². The van der Waals surface area contributed by atoms with Crippen LogP contribution >= 0.6 is 11.3 Å². The molecule has 0 unspecified atom stereocenters. The smallest absolute Gasteiger partial charge is 0.127 e. The van der Waals surface area contributed by atoms with Crippen molar-refractivity contribution in [2.75, 3.05) is 5.73 Å².